The van der Waals surface area contributed by atoms with Gasteiger partial charge in [-0.15, -0.1) is 0 Å². The number of piperidine rings is 1. The molecule has 0 bridgehead atoms. The van der Waals surface area contributed by atoms with Crippen molar-refractivity contribution in [1.82, 2.24) is 4.90 Å². The van der Waals surface area contributed by atoms with Gasteiger partial charge < -0.3 is 15.7 Å². The molecule has 18 heavy (non-hydrogen) atoms. The average Bonchev–Trinajstić information content (AvgIpc) is 2.28. The Bertz CT molecular complexity index is 259. The van der Waals surface area contributed by atoms with E-state index in [4.69, 9.17) is 5.73 Å². The Balaban J connectivity index is 1.88. The van der Waals surface area contributed by atoms with Gasteiger partial charge in [0.15, 0.2) is 0 Å². The highest BCUT2D eigenvalue weighted by molar-refractivity contribution is 4.89. The second kappa shape index (κ2) is 5.89. The summed E-state index contributed by atoms with van der Waals surface area (Å²) >= 11 is 0. The summed E-state index contributed by atoms with van der Waals surface area (Å²) in [7, 11) is 0. The van der Waals surface area contributed by atoms with E-state index in [0.717, 1.165) is 37.9 Å². The molecule has 0 radical (unpaired) electrons. The van der Waals surface area contributed by atoms with Crippen molar-refractivity contribution < 1.29 is 5.11 Å². The minimum Gasteiger partial charge on any atom is -0.393 e. The normalized spacial score (nSPS) is 47.2. The third-order valence-electron chi connectivity index (χ3n) is 5.14. The molecule has 1 saturated heterocycles. The summed E-state index contributed by atoms with van der Waals surface area (Å²) in [5.41, 5.74) is 6.36. The lowest BCUT2D eigenvalue weighted by atomic mass is 9.72. The molecule has 0 spiro atoms. The zero-order valence-electron chi connectivity index (χ0n) is 12.2. The van der Waals surface area contributed by atoms with E-state index in [1.807, 2.05) is 0 Å². The number of hydrogen-bond donors (Lipinski definition) is 2. The Labute approximate surface area is 112 Å². The molecule has 6 atom stereocenters. The van der Waals surface area contributed by atoms with Gasteiger partial charge in [0, 0.05) is 25.7 Å². The molecule has 3 heteroatoms. The molecular formula is C15H30N2O. The van der Waals surface area contributed by atoms with E-state index < -0.39 is 0 Å². The molecule has 1 heterocycles. The summed E-state index contributed by atoms with van der Waals surface area (Å²) < 4.78 is 0. The van der Waals surface area contributed by atoms with Crippen LogP contribution < -0.4 is 5.73 Å². The third kappa shape index (κ3) is 3.25. The standard InChI is InChI=1S/C15H30N2O/c1-10-6-11(2)13(14(16)7-10)9-17-5-4-15(18)12(3)8-17/h10-15,18H,4-9,16H2,1-3H3. The van der Waals surface area contributed by atoms with Crippen LogP contribution in [0.4, 0.5) is 0 Å². The number of aliphatic hydroxyl groups is 1. The molecule has 3 nitrogen and oxygen atoms in total. The highest BCUT2D eigenvalue weighted by Gasteiger charge is 2.34. The van der Waals surface area contributed by atoms with E-state index in [9.17, 15) is 5.11 Å². The van der Waals surface area contributed by atoms with Crippen molar-refractivity contribution in [3.05, 3.63) is 0 Å². The summed E-state index contributed by atoms with van der Waals surface area (Å²) in [6, 6.07) is 0.367. The number of aliphatic hydroxyl groups excluding tert-OH is 1. The van der Waals surface area contributed by atoms with Gasteiger partial charge >= 0.3 is 0 Å². The molecule has 0 aromatic carbocycles. The molecule has 2 aliphatic rings. The maximum Gasteiger partial charge on any atom is 0.0590 e. The van der Waals surface area contributed by atoms with Gasteiger partial charge in [-0.3, -0.25) is 0 Å². The lowest BCUT2D eigenvalue weighted by molar-refractivity contribution is 0.0173. The number of rotatable bonds is 2. The van der Waals surface area contributed by atoms with E-state index in [-0.39, 0.29) is 6.10 Å². The summed E-state index contributed by atoms with van der Waals surface area (Å²) in [6.07, 6.45) is 3.33. The summed E-state index contributed by atoms with van der Waals surface area (Å²) in [4.78, 5) is 2.52. The SMILES string of the molecule is CC1CC(C)C(CN2CCC(O)C(C)C2)C(N)C1. The van der Waals surface area contributed by atoms with Crippen LogP contribution in [0.15, 0.2) is 0 Å². The molecule has 3 N–H and O–H groups in total. The number of nitrogens with two attached hydrogens (primary N) is 1. The molecule has 6 unspecified atom stereocenters. The van der Waals surface area contributed by atoms with Crippen molar-refractivity contribution in [2.75, 3.05) is 19.6 Å². The molecule has 2 fully saturated rings. The predicted octanol–water partition coefficient (Wildman–Crippen LogP) is 1.70. The van der Waals surface area contributed by atoms with Gasteiger partial charge in [-0.1, -0.05) is 20.8 Å². The van der Waals surface area contributed by atoms with Crippen molar-refractivity contribution in [3.8, 4) is 0 Å². The van der Waals surface area contributed by atoms with E-state index in [0.29, 0.717) is 17.9 Å². The number of likely N-dealkylation sites (tertiary alicyclic amines) is 1. The predicted molar refractivity (Wildman–Crippen MR) is 75.3 cm³/mol. The Morgan fingerprint density at radius 1 is 1.17 bits per heavy atom. The first-order valence-corrected chi connectivity index (χ1v) is 7.63. The van der Waals surface area contributed by atoms with Crippen molar-refractivity contribution >= 4 is 0 Å². The Morgan fingerprint density at radius 3 is 2.50 bits per heavy atom. The summed E-state index contributed by atoms with van der Waals surface area (Å²) in [6.45, 7) is 10.0. The van der Waals surface area contributed by atoms with Crippen LogP contribution in [0.5, 0.6) is 0 Å². The van der Waals surface area contributed by atoms with Crippen molar-refractivity contribution in [1.29, 1.82) is 0 Å². The molecule has 1 aliphatic carbocycles. The van der Waals surface area contributed by atoms with Crippen LogP contribution in [-0.2, 0) is 0 Å². The monoisotopic (exact) mass is 254 g/mol. The second-order valence-corrected chi connectivity index (χ2v) is 6.97. The fourth-order valence-corrected chi connectivity index (χ4v) is 3.97. The Morgan fingerprint density at radius 2 is 1.89 bits per heavy atom. The minimum atomic E-state index is -0.0984. The van der Waals surface area contributed by atoms with Gasteiger partial charge in [-0.05, 0) is 42.9 Å². The molecule has 2 rings (SSSR count). The number of hydrogen-bond acceptors (Lipinski definition) is 3. The zero-order chi connectivity index (χ0) is 13.3. The first-order chi connectivity index (χ1) is 8.47. The Kier molecular flexibility index (Phi) is 4.68. The summed E-state index contributed by atoms with van der Waals surface area (Å²) in [5, 5.41) is 9.79. The van der Waals surface area contributed by atoms with Crippen molar-refractivity contribution in [2.24, 2.45) is 29.4 Å². The molecule has 0 aromatic heterocycles. The van der Waals surface area contributed by atoms with Crippen molar-refractivity contribution in [2.45, 2.75) is 52.2 Å². The lowest BCUT2D eigenvalue weighted by Crippen LogP contribution is -2.50. The van der Waals surface area contributed by atoms with Crippen LogP contribution in [0, 0.1) is 23.7 Å². The number of nitrogens with zero attached hydrogens (tertiary/aromatic N) is 1. The highest BCUT2D eigenvalue weighted by atomic mass is 16.3. The van der Waals surface area contributed by atoms with Crippen LogP contribution in [0.2, 0.25) is 0 Å². The van der Waals surface area contributed by atoms with E-state index in [1.165, 1.54) is 12.8 Å². The van der Waals surface area contributed by atoms with Gasteiger partial charge in [0.2, 0.25) is 0 Å². The first kappa shape index (κ1) is 14.3. The second-order valence-electron chi connectivity index (χ2n) is 6.97. The molecule has 0 amide bonds. The lowest BCUT2D eigenvalue weighted by Gasteiger charge is -2.43. The zero-order valence-corrected chi connectivity index (χ0v) is 12.2. The Hall–Kier alpha value is -0.120. The third-order valence-corrected chi connectivity index (χ3v) is 5.14. The van der Waals surface area contributed by atoms with Crippen LogP contribution >= 0.6 is 0 Å². The molecule has 1 aliphatic heterocycles. The quantitative estimate of drug-likeness (QED) is 0.788. The minimum absolute atomic E-state index is 0.0984. The maximum absolute atomic E-state index is 9.79. The van der Waals surface area contributed by atoms with Gasteiger partial charge in [0.05, 0.1) is 6.10 Å². The fourth-order valence-electron chi connectivity index (χ4n) is 3.97. The topological polar surface area (TPSA) is 49.5 Å². The molecular weight excluding hydrogens is 224 g/mol. The van der Waals surface area contributed by atoms with Crippen LogP contribution in [-0.4, -0.2) is 41.8 Å². The van der Waals surface area contributed by atoms with Crippen LogP contribution in [0.3, 0.4) is 0 Å². The van der Waals surface area contributed by atoms with Gasteiger partial charge in [0.1, 0.15) is 0 Å². The summed E-state index contributed by atoms with van der Waals surface area (Å²) in [5.74, 6) is 2.58. The van der Waals surface area contributed by atoms with Gasteiger partial charge in [-0.25, -0.2) is 0 Å². The first-order valence-electron chi connectivity index (χ1n) is 7.63. The smallest absolute Gasteiger partial charge is 0.0590 e. The fraction of sp³-hybridized carbons (Fsp3) is 1.00. The largest absolute Gasteiger partial charge is 0.393 e. The van der Waals surface area contributed by atoms with Gasteiger partial charge in [-0.2, -0.15) is 0 Å². The van der Waals surface area contributed by atoms with Crippen molar-refractivity contribution in [3.63, 3.8) is 0 Å². The highest BCUT2D eigenvalue weighted by Crippen LogP contribution is 2.34. The van der Waals surface area contributed by atoms with E-state index >= 15 is 0 Å². The molecule has 0 aromatic rings. The van der Waals surface area contributed by atoms with E-state index in [1.54, 1.807) is 0 Å². The van der Waals surface area contributed by atoms with Gasteiger partial charge in [0.25, 0.3) is 0 Å². The molecule has 106 valence electrons. The average molecular weight is 254 g/mol. The van der Waals surface area contributed by atoms with E-state index in [2.05, 4.69) is 25.7 Å². The van der Waals surface area contributed by atoms with Crippen LogP contribution in [0.25, 0.3) is 0 Å². The van der Waals surface area contributed by atoms with Crippen LogP contribution in [0.1, 0.15) is 40.0 Å². The molecule has 1 saturated carbocycles. The maximum atomic E-state index is 9.79.